The molecule has 6 heteroatoms. The van der Waals surface area contributed by atoms with Gasteiger partial charge in [-0.05, 0) is 37.3 Å². The molecular weight excluding hydrogens is 338 g/mol. The summed E-state index contributed by atoms with van der Waals surface area (Å²) >= 11 is 7.68. The van der Waals surface area contributed by atoms with Gasteiger partial charge in [0.15, 0.2) is 9.84 Å². The molecule has 0 radical (unpaired) electrons. The Bertz CT molecular complexity index is 961. The molecule has 0 aliphatic carbocycles. The van der Waals surface area contributed by atoms with Crippen LogP contribution in [0.25, 0.3) is 10.9 Å². The van der Waals surface area contributed by atoms with Gasteiger partial charge >= 0.3 is 0 Å². The lowest BCUT2D eigenvalue weighted by Gasteiger charge is -2.08. The molecule has 0 aliphatic heterocycles. The lowest BCUT2D eigenvalue weighted by atomic mass is 10.2. The van der Waals surface area contributed by atoms with E-state index >= 15 is 0 Å². The molecule has 3 aromatic rings. The van der Waals surface area contributed by atoms with Crippen molar-refractivity contribution in [3.63, 3.8) is 0 Å². The normalized spacial score (nSPS) is 12.0. The van der Waals surface area contributed by atoms with Crippen LogP contribution < -0.4 is 0 Å². The zero-order chi connectivity index (χ0) is 15.9. The molecule has 0 fully saturated rings. The molecule has 114 valence electrons. The standard InChI is InChI=1S/C16H14ClNO2S2/c1-10-7-12-14(18-10)8-11(22(2,19)20)9-16(12)21-15-6-4-3-5-13(15)17/h3-9,18H,1-2H3. The van der Waals surface area contributed by atoms with Crippen LogP contribution in [-0.2, 0) is 9.84 Å². The first-order valence-electron chi connectivity index (χ1n) is 6.60. The van der Waals surface area contributed by atoms with Gasteiger partial charge < -0.3 is 4.98 Å². The number of halogens is 1. The van der Waals surface area contributed by atoms with Crippen molar-refractivity contribution in [2.24, 2.45) is 0 Å². The molecule has 0 bridgehead atoms. The lowest BCUT2D eigenvalue weighted by Crippen LogP contribution is -1.97. The van der Waals surface area contributed by atoms with Crippen molar-refractivity contribution >= 4 is 44.1 Å². The van der Waals surface area contributed by atoms with Crippen LogP contribution in [0.2, 0.25) is 5.02 Å². The van der Waals surface area contributed by atoms with Crippen LogP contribution in [0.5, 0.6) is 0 Å². The number of aromatic amines is 1. The summed E-state index contributed by atoms with van der Waals surface area (Å²) in [6.07, 6.45) is 1.22. The van der Waals surface area contributed by atoms with Crippen LogP contribution in [0, 0.1) is 6.92 Å². The maximum Gasteiger partial charge on any atom is 0.175 e. The molecular formula is C16H14ClNO2S2. The number of fused-ring (bicyclic) bond motifs is 1. The average molecular weight is 352 g/mol. The second-order valence-corrected chi connectivity index (χ2v) is 8.65. The number of aromatic nitrogens is 1. The lowest BCUT2D eigenvalue weighted by molar-refractivity contribution is 0.602. The topological polar surface area (TPSA) is 49.9 Å². The minimum Gasteiger partial charge on any atom is -0.359 e. The number of benzene rings is 2. The van der Waals surface area contributed by atoms with E-state index in [1.54, 1.807) is 12.1 Å². The molecule has 0 spiro atoms. The number of nitrogens with one attached hydrogen (secondary N) is 1. The maximum absolute atomic E-state index is 11.9. The van der Waals surface area contributed by atoms with E-state index in [0.717, 1.165) is 26.4 Å². The van der Waals surface area contributed by atoms with Gasteiger partial charge in [0, 0.05) is 32.6 Å². The monoisotopic (exact) mass is 351 g/mol. The van der Waals surface area contributed by atoms with Crippen LogP contribution >= 0.6 is 23.4 Å². The zero-order valence-corrected chi connectivity index (χ0v) is 14.4. The first-order chi connectivity index (χ1) is 10.3. The zero-order valence-electron chi connectivity index (χ0n) is 12.1. The fourth-order valence-electron chi connectivity index (χ4n) is 2.26. The number of sulfone groups is 1. The molecule has 2 aromatic carbocycles. The summed E-state index contributed by atoms with van der Waals surface area (Å²) in [6.45, 7) is 1.95. The van der Waals surface area contributed by atoms with Gasteiger partial charge in [-0.3, -0.25) is 0 Å². The summed E-state index contributed by atoms with van der Waals surface area (Å²) in [4.78, 5) is 5.27. The van der Waals surface area contributed by atoms with Crippen LogP contribution in [0.3, 0.4) is 0 Å². The Morgan fingerprint density at radius 3 is 2.50 bits per heavy atom. The van der Waals surface area contributed by atoms with Gasteiger partial charge in [-0.2, -0.15) is 0 Å². The summed E-state index contributed by atoms with van der Waals surface area (Å²) in [6, 6.07) is 12.9. The van der Waals surface area contributed by atoms with Crippen LogP contribution in [0.15, 0.2) is 57.2 Å². The molecule has 3 nitrogen and oxygen atoms in total. The van der Waals surface area contributed by atoms with Gasteiger partial charge in [-0.25, -0.2) is 8.42 Å². The van der Waals surface area contributed by atoms with E-state index in [-0.39, 0.29) is 0 Å². The van der Waals surface area contributed by atoms with Crippen molar-refractivity contribution in [2.75, 3.05) is 6.26 Å². The Balaban J connectivity index is 2.21. The van der Waals surface area contributed by atoms with E-state index in [1.807, 2.05) is 37.3 Å². The molecule has 0 saturated heterocycles. The minimum absolute atomic E-state index is 0.302. The number of hydrogen-bond acceptors (Lipinski definition) is 3. The van der Waals surface area contributed by atoms with Crippen molar-refractivity contribution in [3.8, 4) is 0 Å². The van der Waals surface area contributed by atoms with Crippen LogP contribution in [-0.4, -0.2) is 19.7 Å². The van der Waals surface area contributed by atoms with E-state index in [9.17, 15) is 8.42 Å². The largest absolute Gasteiger partial charge is 0.359 e. The van der Waals surface area contributed by atoms with Crippen LogP contribution in [0.4, 0.5) is 0 Å². The van der Waals surface area contributed by atoms with Crippen LogP contribution in [0.1, 0.15) is 5.69 Å². The van der Waals surface area contributed by atoms with Crippen molar-refractivity contribution in [1.82, 2.24) is 4.98 Å². The number of hydrogen-bond donors (Lipinski definition) is 1. The first-order valence-corrected chi connectivity index (χ1v) is 9.69. The molecule has 0 unspecified atom stereocenters. The molecule has 1 heterocycles. The number of aryl methyl sites for hydroxylation is 1. The molecule has 1 N–H and O–H groups in total. The van der Waals surface area contributed by atoms with E-state index in [4.69, 9.17) is 11.6 Å². The SMILES string of the molecule is Cc1cc2c(Sc3ccccc3Cl)cc(S(C)(=O)=O)cc2[nH]1. The number of H-pyrrole nitrogens is 1. The Kier molecular flexibility index (Phi) is 3.97. The third-order valence-corrected chi connectivity index (χ3v) is 5.96. The Hall–Kier alpha value is -1.43. The predicted octanol–water partition coefficient (Wildman–Crippen LogP) is 4.68. The molecule has 1 aromatic heterocycles. The summed E-state index contributed by atoms with van der Waals surface area (Å²) in [5.74, 6) is 0. The predicted molar refractivity (Wildman–Crippen MR) is 91.7 cm³/mol. The highest BCUT2D eigenvalue weighted by atomic mass is 35.5. The summed E-state index contributed by atoms with van der Waals surface area (Å²) in [5, 5.41) is 1.65. The van der Waals surface area contributed by atoms with Gasteiger partial charge in [-0.15, -0.1) is 0 Å². The highest BCUT2D eigenvalue weighted by molar-refractivity contribution is 7.99. The van der Waals surface area contributed by atoms with E-state index in [1.165, 1.54) is 18.0 Å². The fraction of sp³-hybridized carbons (Fsp3) is 0.125. The van der Waals surface area contributed by atoms with Crippen molar-refractivity contribution < 1.29 is 8.42 Å². The minimum atomic E-state index is -3.28. The van der Waals surface area contributed by atoms with Crippen molar-refractivity contribution in [2.45, 2.75) is 21.6 Å². The average Bonchev–Trinajstić information content (AvgIpc) is 2.81. The second kappa shape index (κ2) is 5.65. The molecule has 22 heavy (non-hydrogen) atoms. The highest BCUT2D eigenvalue weighted by Crippen LogP contribution is 2.38. The fourth-order valence-corrected chi connectivity index (χ4v) is 4.27. The highest BCUT2D eigenvalue weighted by Gasteiger charge is 2.15. The quantitative estimate of drug-likeness (QED) is 0.745. The van der Waals surface area contributed by atoms with Crippen molar-refractivity contribution in [3.05, 3.63) is 53.2 Å². The van der Waals surface area contributed by atoms with E-state index in [2.05, 4.69) is 4.98 Å². The summed E-state index contributed by atoms with van der Waals surface area (Å²) in [7, 11) is -3.28. The molecule has 0 amide bonds. The molecule has 0 saturated carbocycles. The third-order valence-electron chi connectivity index (χ3n) is 3.29. The second-order valence-electron chi connectivity index (χ2n) is 5.14. The summed E-state index contributed by atoms with van der Waals surface area (Å²) in [5.41, 5.74) is 1.80. The molecule has 0 aliphatic rings. The maximum atomic E-state index is 11.9. The van der Waals surface area contributed by atoms with Crippen molar-refractivity contribution in [1.29, 1.82) is 0 Å². The Labute approximate surface area is 138 Å². The van der Waals surface area contributed by atoms with E-state index in [0.29, 0.717) is 9.92 Å². The van der Waals surface area contributed by atoms with Gasteiger partial charge in [0.2, 0.25) is 0 Å². The van der Waals surface area contributed by atoms with Gasteiger partial charge in [-0.1, -0.05) is 35.5 Å². The number of rotatable bonds is 3. The first kappa shape index (κ1) is 15.5. The third kappa shape index (κ3) is 3.02. The van der Waals surface area contributed by atoms with Gasteiger partial charge in [0.05, 0.1) is 9.92 Å². The summed E-state index contributed by atoms with van der Waals surface area (Å²) < 4.78 is 23.8. The molecule has 0 atom stereocenters. The Morgan fingerprint density at radius 2 is 1.82 bits per heavy atom. The van der Waals surface area contributed by atoms with Gasteiger partial charge in [0.1, 0.15) is 0 Å². The van der Waals surface area contributed by atoms with Gasteiger partial charge in [0.25, 0.3) is 0 Å². The smallest absolute Gasteiger partial charge is 0.175 e. The van der Waals surface area contributed by atoms with E-state index < -0.39 is 9.84 Å². The molecule has 3 rings (SSSR count). The Morgan fingerprint density at radius 1 is 1.09 bits per heavy atom.